The summed E-state index contributed by atoms with van der Waals surface area (Å²) in [5.74, 6) is 0. The topological polar surface area (TPSA) is 36.7 Å². The molecule has 56 valence electrons. The van der Waals surface area contributed by atoms with Crippen molar-refractivity contribution in [3.8, 4) is 6.07 Å². The van der Waals surface area contributed by atoms with E-state index in [1.165, 1.54) is 0 Å². The molecule has 0 amide bonds. The number of pyridine rings is 1. The number of hydrogen-bond donors (Lipinski definition) is 0. The molecule has 0 aliphatic rings. The first-order chi connectivity index (χ1) is 5.15. The second-order valence-corrected chi connectivity index (χ2v) is 3.53. The monoisotopic (exact) mass is 278 g/mol. The second kappa shape index (κ2) is 3.37. The molecule has 1 aromatic rings. The van der Waals surface area contributed by atoms with E-state index in [1.807, 2.05) is 13.0 Å². The summed E-state index contributed by atoms with van der Waals surface area (Å²) < 4.78 is 0.962. The first kappa shape index (κ1) is 8.75. The van der Waals surface area contributed by atoms with Gasteiger partial charge in [-0.1, -0.05) is 11.6 Å². The van der Waals surface area contributed by atoms with Crippen molar-refractivity contribution in [3.05, 3.63) is 26.0 Å². The summed E-state index contributed by atoms with van der Waals surface area (Å²) in [5, 5.41) is 8.84. The van der Waals surface area contributed by atoms with Crippen molar-refractivity contribution in [3.63, 3.8) is 0 Å². The van der Waals surface area contributed by atoms with E-state index in [0.29, 0.717) is 5.56 Å². The Morgan fingerprint density at radius 3 is 2.91 bits per heavy atom. The summed E-state index contributed by atoms with van der Waals surface area (Å²) in [5.41, 5.74) is 1.29. The zero-order valence-electron chi connectivity index (χ0n) is 5.73. The lowest BCUT2D eigenvalue weighted by atomic mass is 10.3. The average Bonchev–Trinajstić information content (AvgIpc) is 1.97. The van der Waals surface area contributed by atoms with E-state index in [-0.39, 0.29) is 5.15 Å². The smallest absolute Gasteiger partial charge is 0.147 e. The fraction of sp³-hybridized carbons (Fsp3) is 0.143. The van der Waals surface area contributed by atoms with Crippen molar-refractivity contribution in [2.24, 2.45) is 0 Å². The molecule has 0 N–H and O–H groups in total. The maximum Gasteiger partial charge on any atom is 0.147 e. The Morgan fingerprint density at radius 1 is 1.73 bits per heavy atom. The average molecular weight is 278 g/mol. The minimum Gasteiger partial charge on any atom is -0.239 e. The van der Waals surface area contributed by atoms with Crippen molar-refractivity contribution in [1.82, 2.24) is 4.98 Å². The summed E-state index contributed by atoms with van der Waals surface area (Å²) in [4.78, 5) is 3.98. The molecule has 0 aromatic carbocycles. The van der Waals surface area contributed by atoms with Crippen LogP contribution in [-0.2, 0) is 0 Å². The largest absolute Gasteiger partial charge is 0.239 e. The van der Waals surface area contributed by atoms with Crippen LogP contribution in [0.1, 0.15) is 11.3 Å². The van der Waals surface area contributed by atoms with Gasteiger partial charge in [0.2, 0.25) is 0 Å². The highest BCUT2D eigenvalue weighted by atomic mass is 127. The number of rotatable bonds is 0. The van der Waals surface area contributed by atoms with Crippen LogP contribution < -0.4 is 0 Å². The third kappa shape index (κ3) is 1.82. The first-order valence-electron chi connectivity index (χ1n) is 2.88. The lowest BCUT2D eigenvalue weighted by molar-refractivity contribution is 1.17. The van der Waals surface area contributed by atoms with E-state index in [2.05, 4.69) is 27.6 Å². The summed E-state index contributed by atoms with van der Waals surface area (Å²) >= 11 is 7.78. The number of nitriles is 1. The summed E-state index contributed by atoms with van der Waals surface area (Å²) in [6.45, 7) is 1.86. The zero-order valence-corrected chi connectivity index (χ0v) is 8.64. The van der Waals surface area contributed by atoms with Crippen molar-refractivity contribution >= 4 is 34.2 Å². The Morgan fingerprint density at radius 2 is 2.36 bits per heavy atom. The molecule has 1 rings (SSSR count). The fourth-order valence-corrected chi connectivity index (χ4v) is 1.29. The second-order valence-electron chi connectivity index (χ2n) is 2.01. The molecule has 0 spiro atoms. The van der Waals surface area contributed by atoms with Crippen molar-refractivity contribution in [2.75, 3.05) is 0 Å². The normalized spacial score (nSPS) is 9.27. The van der Waals surface area contributed by atoms with Gasteiger partial charge in [0.05, 0.1) is 11.3 Å². The lowest BCUT2D eigenvalue weighted by Crippen LogP contribution is -1.90. The van der Waals surface area contributed by atoms with Gasteiger partial charge in [-0.15, -0.1) is 0 Å². The van der Waals surface area contributed by atoms with Crippen molar-refractivity contribution in [2.45, 2.75) is 6.92 Å². The van der Waals surface area contributed by atoms with Crippen molar-refractivity contribution < 1.29 is 0 Å². The van der Waals surface area contributed by atoms with Crippen LogP contribution in [0.4, 0.5) is 0 Å². The molecular formula is C7H4ClIN2. The minimum absolute atomic E-state index is 0.283. The minimum atomic E-state index is 0.283. The standard InChI is InChI=1S/C7H4ClIN2/c1-4-6(9)2-5(3-10)7(8)11-4/h2H,1H3. The molecule has 11 heavy (non-hydrogen) atoms. The molecule has 0 aliphatic heterocycles. The predicted molar refractivity (Wildman–Crippen MR) is 51.4 cm³/mol. The Labute approximate surface area is 83.3 Å². The van der Waals surface area contributed by atoms with Crippen LogP contribution in [0.25, 0.3) is 0 Å². The highest BCUT2D eigenvalue weighted by Crippen LogP contribution is 2.17. The maximum absolute atomic E-state index is 8.56. The van der Waals surface area contributed by atoms with Gasteiger partial charge in [0.25, 0.3) is 0 Å². The van der Waals surface area contributed by atoms with Gasteiger partial charge < -0.3 is 0 Å². The van der Waals surface area contributed by atoms with Gasteiger partial charge in [-0.2, -0.15) is 5.26 Å². The quantitative estimate of drug-likeness (QED) is 0.540. The molecule has 0 unspecified atom stereocenters. The molecule has 0 saturated carbocycles. The van der Waals surface area contributed by atoms with Gasteiger partial charge >= 0.3 is 0 Å². The molecule has 2 nitrogen and oxygen atoms in total. The van der Waals surface area contributed by atoms with E-state index in [0.717, 1.165) is 9.26 Å². The van der Waals surface area contributed by atoms with E-state index in [4.69, 9.17) is 16.9 Å². The number of aromatic nitrogens is 1. The van der Waals surface area contributed by atoms with Crippen LogP contribution in [0.5, 0.6) is 0 Å². The van der Waals surface area contributed by atoms with Gasteiger partial charge in [0.15, 0.2) is 0 Å². The van der Waals surface area contributed by atoms with Crippen LogP contribution in [0.15, 0.2) is 6.07 Å². The molecule has 4 heteroatoms. The molecule has 0 aliphatic carbocycles. The van der Waals surface area contributed by atoms with Crippen LogP contribution in [-0.4, -0.2) is 4.98 Å². The lowest BCUT2D eigenvalue weighted by Gasteiger charge is -1.98. The highest BCUT2D eigenvalue weighted by Gasteiger charge is 2.03. The number of hydrogen-bond acceptors (Lipinski definition) is 2. The van der Waals surface area contributed by atoms with E-state index >= 15 is 0 Å². The molecule has 0 radical (unpaired) electrons. The Balaban J connectivity index is 3.35. The molecular weight excluding hydrogens is 274 g/mol. The van der Waals surface area contributed by atoms with Crippen molar-refractivity contribution in [1.29, 1.82) is 5.26 Å². The number of aryl methyl sites for hydroxylation is 1. The van der Waals surface area contributed by atoms with Gasteiger partial charge in [0, 0.05) is 3.57 Å². The van der Waals surface area contributed by atoms with Crippen LogP contribution >= 0.6 is 34.2 Å². The first-order valence-corrected chi connectivity index (χ1v) is 4.33. The summed E-state index contributed by atoms with van der Waals surface area (Å²) in [7, 11) is 0. The van der Waals surface area contributed by atoms with E-state index in [1.54, 1.807) is 6.07 Å². The Hall–Kier alpha value is -0.340. The molecule has 0 bridgehead atoms. The van der Waals surface area contributed by atoms with Gasteiger partial charge in [0.1, 0.15) is 11.2 Å². The molecule has 0 fully saturated rings. The Kier molecular flexibility index (Phi) is 2.68. The van der Waals surface area contributed by atoms with E-state index < -0.39 is 0 Å². The third-order valence-electron chi connectivity index (χ3n) is 1.23. The molecule has 0 atom stereocenters. The third-order valence-corrected chi connectivity index (χ3v) is 2.61. The summed E-state index contributed by atoms with van der Waals surface area (Å²) in [6.07, 6.45) is 0. The van der Waals surface area contributed by atoms with Gasteiger partial charge in [-0.05, 0) is 35.6 Å². The van der Waals surface area contributed by atoms with E-state index in [9.17, 15) is 0 Å². The molecule has 1 heterocycles. The van der Waals surface area contributed by atoms with Crippen LogP contribution in [0.2, 0.25) is 5.15 Å². The highest BCUT2D eigenvalue weighted by molar-refractivity contribution is 14.1. The van der Waals surface area contributed by atoms with Gasteiger partial charge in [-0.25, -0.2) is 4.98 Å². The number of halogens is 2. The predicted octanol–water partition coefficient (Wildman–Crippen LogP) is 2.52. The summed E-state index contributed by atoms with van der Waals surface area (Å²) in [6, 6.07) is 3.69. The zero-order chi connectivity index (χ0) is 8.43. The van der Waals surface area contributed by atoms with Crippen LogP contribution in [0, 0.1) is 21.8 Å². The van der Waals surface area contributed by atoms with Crippen LogP contribution in [0.3, 0.4) is 0 Å². The fourth-order valence-electron chi connectivity index (χ4n) is 0.630. The van der Waals surface area contributed by atoms with Gasteiger partial charge in [-0.3, -0.25) is 0 Å². The Bertz CT molecular complexity index is 330. The maximum atomic E-state index is 8.56. The SMILES string of the molecule is Cc1nc(Cl)c(C#N)cc1I. The molecule has 1 aromatic heterocycles. The number of nitrogens with zero attached hydrogens (tertiary/aromatic N) is 2. The molecule has 0 saturated heterocycles.